The summed E-state index contributed by atoms with van der Waals surface area (Å²) in [6.45, 7) is 4.63. The van der Waals surface area contributed by atoms with Gasteiger partial charge in [0.05, 0.1) is 6.54 Å². The standard InChI is InChI=1S/C16H21FN2S/c1-3-8-18-11-13-10-14(17)6-7-16(13)19(2)12-15-5-4-9-20-15/h4-7,9-10,18H,3,8,11-12H2,1-2H3. The maximum Gasteiger partial charge on any atom is 0.123 e. The van der Waals surface area contributed by atoms with Gasteiger partial charge in [0, 0.05) is 24.2 Å². The van der Waals surface area contributed by atoms with Gasteiger partial charge in [-0.25, -0.2) is 4.39 Å². The molecule has 4 heteroatoms. The van der Waals surface area contributed by atoms with Crippen molar-refractivity contribution in [2.75, 3.05) is 18.5 Å². The summed E-state index contributed by atoms with van der Waals surface area (Å²) < 4.78 is 13.5. The zero-order chi connectivity index (χ0) is 14.4. The van der Waals surface area contributed by atoms with Gasteiger partial charge in [0.2, 0.25) is 0 Å². The highest BCUT2D eigenvalue weighted by atomic mass is 32.1. The minimum absolute atomic E-state index is 0.174. The molecule has 0 atom stereocenters. The Morgan fingerprint density at radius 2 is 2.15 bits per heavy atom. The molecule has 1 aromatic heterocycles. The van der Waals surface area contributed by atoms with Crippen LogP contribution >= 0.6 is 11.3 Å². The van der Waals surface area contributed by atoms with Gasteiger partial charge in [-0.3, -0.25) is 0 Å². The van der Waals surface area contributed by atoms with Gasteiger partial charge in [0.1, 0.15) is 5.82 Å². The average Bonchev–Trinajstić information content (AvgIpc) is 2.92. The van der Waals surface area contributed by atoms with E-state index in [1.54, 1.807) is 17.4 Å². The summed E-state index contributed by atoms with van der Waals surface area (Å²) in [7, 11) is 2.05. The van der Waals surface area contributed by atoms with E-state index in [2.05, 4.69) is 41.7 Å². The van der Waals surface area contributed by atoms with Crippen LogP contribution in [-0.2, 0) is 13.1 Å². The molecule has 20 heavy (non-hydrogen) atoms. The summed E-state index contributed by atoms with van der Waals surface area (Å²) >= 11 is 1.75. The Balaban J connectivity index is 2.12. The van der Waals surface area contributed by atoms with Gasteiger partial charge < -0.3 is 10.2 Å². The number of hydrogen-bond donors (Lipinski definition) is 1. The molecule has 0 bridgehead atoms. The van der Waals surface area contributed by atoms with Crippen LogP contribution in [0.2, 0.25) is 0 Å². The van der Waals surface area contributed by atoms with E-state index in [1.165, 1.54) is 10.9 Å². The topological polar surface area (TPSA) is 15.3 Å². The van der Waals surface area contributed by atoms with Crippen molar-refractivity contribution < 1.29 is 4.39 Å². The van der Waals surface area contributed by atoms with Gasteiger partial charge in [0.15, 0.2) is 0 Å². The van der Waals surface area contributed by atoms with Crippen molar-refractivity contribution in [2.45, 2.75) is 26.4 Å². The van der Waals surface area contributed by atoms with Crippen molar-refractivity contribution in [3.05, 3.63) is 52.0 Å². The Hall–Kier alpha value is -1.39. The van der Waals surface area contributed by atoms with Crippen LogP contribution in [0.3, 0.4) is 0 Å². The first-order valence-electron chi connectivity index (χ1n) is 6.93. The first-order chi connectivity index (χ1) is 9.70. The Kier molecular flexibility index (Phi) is 5.56. The second kappa shape index (κ2) is 7.41. The molecule has 0 aliphatic rings. The van der Waals surface area contributed by atoms with Gasteiger partial charge in [0.25, 0.3) is 0 Å². The van der Waals surface area contributed by atoms with E-state index in [0.29, 0.717) is 6.54 Å². The smallest absolute Gasteiger partial charge is 0.123 e. The predicted octanol–water partition coefficient (Wildman–Crippen LogP) is 4.02. The second-order valence-corrected chi connectivity index (χ2v) is 5.92. The monoisotopic (exact) mass is 292 g/mol. The number of nitrogens with zero attached hydrogens (tertiary/aromatic N) is 1. The minimum Gasteiger partial charge on any atom is -0.369 e. The largest absolute Gasteiger partial charge is 0.369 e. The second-order valence-electron chi connectivity index (χ2n) is 4.89. The van der Waals surface area contributed by atoms with E-state index in [9.17, 15) is 4.39 Å². The molecular weight excluding hydrogens is 271 g/mol. The van der Waals surface area contributed by atoms with Crippen LogP contribution in [0, 0.1) is 5.82 Å². The van der Waals surface area contributed by atoms with Crippen molar-refractivity contribution in [3.63, 3.8) is 0 Å². The molecule has 0 amide bonds. The van der Waals surface area contributed by atoms with Gasteiger partial charge >= 0.3 is 0 Å². The van der Waals surface area contributed by atoms with Crippen LogP contribution in [0.25, 0.3) is 0 Å². The van der Waals surface area contributed by atoms with Gasteiger partial charge in [-0.15, -0.1) is 11.3 Å². The van der Waals surface area contributed by atoms with Crippen LogP contribution in [-0.4, -0.2) is 13.6 Å². The third kappa shape index (κ3) is 4.05. The van der Waals surface area contributed by atoms with Gasteiger partial charge in [-0.05, 0) is 48.2 Å². The van der Waals surface area contributed by atoms with Crippen molar-refractivity contribution in [3.8, 4) is 0 Å². The summed E-state index contributed by atoms with van der Waals surface area (Å²) in [5, 5.41) is 5.42. The molecule has 0 saturated carbocycles. The maximum absolute atomic E-state index is 13.5. The van der Waals surface area contributed by atoms with Crippen LogP contribution < -0.4 is 10.2 Å². The molecule has 1 aromatic carbocycles. The van der Waals surface area contributed by atoms with Crippen molar-refractivity contribution in [1.82, 2.24) is 5.32 Å². The third-order valence-corrected chi connectivity index (χ3v) is 4.03. The minimum atomic E-state index is -0.174. The molecule has 0 fully saturated rings. The van der Waals surface area contributed by atoms with Gasteiger partial charge in [-0.2, -0.15) is 0 Å². The van der Waals surface area contributed by atoms with E-state index in [4.69, 9.17) is 0 Å². The molecule has 0 unspecified atom stereocenters. The molecule has 1 N–H and O–H groups in total. The summed E-state index contributed by atoms with van der Waals surface area (Å²) in [4.78, 5) is 3.48. The van der Waals surface area contributed by atoms with Crippen LogP contribution in [0.1, 0.15) is 23.8 Å². The zero-order valence-corrected chi connectivity index (χ0v) is 12.8. The quantitative estimate of drug-likeness (QED) is 0.775. The molecule has 0 saturated heterocycles. The molecule has 2 nitrogen and oxygen atoms in total. The number of benzene rings is 1. The van der Waals surface area contributed by atoms with Crippen molar-refractivity contribution >= 4 is 17.0 Å². The molecule has 0 aliphatic heterocycles. The summed E-state index contributed by atoms with van der Waals surface area (Å²) in [5.41, 5.74) is 2.10. The number of thiophene rings is 1. The van der Waals surface area contributed by atoms with E-state index in [1.807, 2.05) is 6.07 Å². The fourth-order valence-electron chi connectivity index (χ4n) is 2.19. The molecule has 0 spiro atoms. The summed E-state index contributed by atoms with van der Waals surface area (Å²) in [6.07, 6.45) is 1.08. The van der Waals surface area contributed by atoms with Crippen molar-refractivity contribution in [2.24, 2.45) is 0 Å². The Morgan fingerprint density at radius 3 is 2.85 bits per heavy atom. The fraction of sp³-hybridized carbons (Fsp3) is 0.375. The highest BCUT2D eigenvalue weighted by molar-refractivity contribution is 7.09. The van der Waals surface area contributed by atoms with Crippen LogP contribution in [0.4, 0.5) is 10.1 Å². The lowest BCUT2D eigenvalue weighted by Gasteiger charge is -2.22. The lowest BCUT2D eigenvalue weighted by atomic mass is 10.1. The molecule has 1 heterocycles. The molecule has 2 rings (SSSR count). The van der Waals surface area contributed by atoms with Crippen molar-refractivity contribution in [1.29, 1.82) is 0 Å². The number of nitrogens with one attached hydrogen (secondary N) is 1. The molecule has 108 valence electrons. The Bertz CT molecular complexity index is 525. The molecule has 2 aromatic rings. The summed E-state index contributed by atoms with van der Waals surface area (Å²) in [6, 6.07) is 9.21. The highest BCUT2D eigenvalue weighted by Crippen LogP contribution is 2.23. The summed E-state index contributed by atoms with van der Waals surface area (Å²) in [5.74, 6) is -0.174. The SMILES string of the molecule is CCCNCc1cc(F)ccc1N(C)Cc1cccs1. The Labute approximate surface area is 124 Å². The molecule has 0 aliphatic carbocycles. The highest BCUT2D eigenvalue weighted by Gasteiger charge is 2.09. The number of anilines is 1. The average molecular weight is 292 g/mol. The molecular formula is C16H21FN2S. The van der Waals surface area contributed by atoms with E-state index < -0.39 is 0 Å². The first kappa shape index (κ1) is 15.0. The fourth-order valence-corrected chi connectivity index (χ4v) is 2.95. The van der Waals surface area contributed by atoms with Gasteiger partial charge in [-0.1, -0.05) is 13.0 Å². The lowest BCUT2D eigenvalue weighted by molar-refractivity contribution is 0.618. The van der Waals surface area contributed by atoms with Crippen LogP contribution in [0.5, 0.6) is 0 Å². The maximum atomic E-state index is 13.5. The Morgan fingerprint density at radius 1 is 1.30 bits per heavy atom. The number of rotatable bonds is 7. The first-order valence-corrected chi connectivity index (χ1v) is 7.81. The normalized spacial score (nSPS) is 10.8. The van der Waals surface area contributed by atoms with Crippen LogP contribution in [0.15, 0.2) is 35.7 Å². The van der Waals surface area contributed by atoms with E-state index >= 15 is 0 Å². The number of hydrogen-bond acceptors (Lipinski definition) is 3. The zero-order valence-electron chi connectivity index (χ0n) is 12.0. The third-order valence-electron chi connectivity index (χ3n) is 3.17. The molecule has 0 radical (unpaired) electrons. The van der Waals surface area contributed by atoms with E-state index in [0.717, 1.165) is 30.8 Å². The number of halogens is 1. The van der Waals surface area contributed by atoms with E-state index in [-0.39, 0.29) is 5.82 Å². The predicted molar refractivity (Wildman–Crippen MR) is 84.8 cm³/mol. The lowest BCUT2D eigenvalue weighted by Crippen LogP contribution is -2.21.